The fraction of sp³-hybridized carbons (Fsp3) is 0.238. The van der Waals surface area contributed by atoms with Crippen molar-refractivity contribution in [3.05, 3.63) is 60.0 Å². The van der Waals surface area contributed by atoms with E-state index in [1.807, 2.05) is 6.92 Å². The van der Waals surface area contributed by atoms with Crippen molar-refractivity contribution in [3.8, 4) is 11.5 Å². The molecule has 0 radical (unpaired) electrons. The molecule has 4 rings (SSSR count). The molecule has 0 spiro atoms. The first-order chi connectivity index (χ1) is 15.6. The first-order valence-corrected chi connectivity index (χ1v) is 9.78. The normalized spacial score (nSPS) is 12.3. The second-order valence-electron chi connectivity index (χ2n) is 7.10. The van der Waals surface area contributed by atoms with Crippen molar-refractivity contribution >= 4 is 22.7 Å². The minimum absolute atomic E-state index is 0.0934. The molecule has 0 unspecified atom stereocenters. The molecule has 0 bridgehead atoms. The highest BCUT2D eigenvalue weighted by Gasteiger charge is 2.33. The lowest BCUT2D eigenvalue weighted by molar-refractivity contribution is -0.141. The monoisotopic (exact) mass is 466 g/mol. The molecular weight excluding hydrogens is 450 g/mol. The second kappa shape index (κ2) is 8.34. The topological polar surface area (TPSA) is 68.5 Å². The number of nitrogens with one attached hydrogen (secondary N) is 1. The summed E-state index contributed by atoms with van der Waals surface area (Å²) in [6.45, 7) is 2.51. The Hall–Kier alpha value is -3.70. The third-order valence-corrected chi connectivity index (χ3v) is 4.69. The van der Waals surface area contributed by atoms with Crippen molar-refractivity contribution < 1.29 is 26.3 Å². The average molecular weight is 466 g/mol. The van der Waals surface area contributed by atoms with E-state index in [2.05, 4.69) is 25.3 Å². The molecule has 4 heterocycles. The van der Waals surface area contributed by atoms with Crippen molar-refractivity contribution in [2.45, 2.75) is 32.2 Å². The van der Waals surface area contributed by atoms with E-state index in [4.69, 9.17) is 0 Å². The molecule has 0 aliphatic carbocycles. The van der Waals surface area contributed by atoms with Gasteiger partial charge in [-0.2, -0.15) is 26.3 Å². The maximum Gasteiger partial charge on any atom is 0.433 e. The van der Waals surface area contributed by atoms with Gasteiger partial charge in [-0.25, -0.2) is 19.9 Å². The first-order valence-electron chi connectivity index (χ1n) is 9.78. The van der Waals surface area contributed by atoms with E-state index in [0.717, 1.165) is 30.8 Å². The van der Waals surface area contributed by atoms with Gasteiger partial charge in [0.2, 0.25) is 0 Å². The van der Waals surface area contributed by atoms with Crippen LogP contribution in [-0.2, 0) is 18.9 Å². The molecule has 0 aromatic carbocycles. The van der Waals surface area contributed by atoms with E-state index >= 15 is 0 Å². The summed E-state index contributed by atoms with van der Waals surface area (Å²) in [5.74, 6) is -0.147. The van der Waals surface area contributed by atoms with Crippen LogP contribution in [0, 0.1) is 0 Å². The first kappa shape index (κ1) is 22.5. The van der Waals surface area contributed by atoms with E-state index in [9.17, 15) is 26.3 Å². The zero-order valence-corrected chi connectivity index (χ0v) is 17.0. The fourth-order valence-corrected chi connectivity index (χ4v) is 3.21. The SMILES string of the molecule is CCCn1ccc2c(Nc3cc(C(F)(F)F)ccn3)nc(-c3cccc(C(F)(F)F)n3)nc21. The average Bonchev–Trinajstić information content (AvgIpc) is 3.16. The summed E-state index contributed by atoms with van der Waals surface area (Å²) < 4.78 is 80.4. The molecule has 6 nitrogen and oxygen atoms in total. The molecule has 0 aliphatic rings. The van der Waals surface area contributed by atoms with Crippen molar-refractivity contribution in [1.82, 2.24) is 24.5 Å². The molecule has 0 atom stereocenters. The largest absolute Gasteiger partial charge is 0.433 e. The molecule has 0 fully saturated rings. The second-order valence-corrected chi connectivity index (χ2v) is 7.10. The molecule has 172 valence electrons. The van der Waals surface area contributed by atoms with Crippen molar-refractivity contribution in [3.63, 3.8) is 0 Å². The molecule has 0 aliphatic heterocycles. The molecule has 4 aromatic heterocycles. The predicted octanol–water partition coefficient (Wildman–Crippen LogP) is 6.08. The third-order valence-electron chi connectivity index (χ3n) is 4.69. The maximum atomic E-state index is 13.1. The van der Waals surface area contributed by atoms with E-state index < -0.39 is 23.6 Å². The number of nitrogens with zero attached hydrogens (tertiary/aromatic N) is 5. The van der Waals surface area contributed by atoms with Gasteiger partial charge in [0.25, 0.3) is 0 Å². The van der Waals surface area contributed by atoms with E-state index in [1.165, 1.54) is 12.1 Å². The van der Waals surface area contributed by atoms with Crippen LogP contribution in [0.1, 0.15) is 24.6 Å². The number of alkyl halides is 6. The molecular formula is C21H16F6N6. The number of aryl methyl sites for hydroxylation is 1. The van der Waals surface area contributed by atoms with Crippen LogP contribution in [-0.4, -0.2) is 24.5 Å². The summed E-state index contributed by atoms with van der Waals surface area (Å²) in [6, 6.07) is 6.66. The van der Waals surface area contributed by atoms with Gasteiger partial charge in [-0.1, -0.05) is 13.0 Å². The zero-order valence-electron chi connectivity index (χ0n) is 17.0. The molecule has 1 N–H and O–H groups in total. The minimum Gasteiger partial charge on any atom is -0.332 e. The zero-order chi connectivity index (χ0) is 23.8. The predicted molar refractivity (Wildman–Crippen MR) is 109 cm³/mol. The number of halogens is 6. The smallest absolute Gasteiger partial charge is 0.332 e. The van der Waals surface area contributed by atoms with Crippen LogP contribution in [0.5, 0.6) is 0 Å². The van der Waals surface area contributed by atoms with E-state index in [1.54, 1.807) is 16.8 Å². The minimum atomic E-state index is -4.66. The summed E-state index contributed by atoms with van der Waals surface area (Å²) in [7, 11) is 0. The summed E-state index contributed by atoms with van der Waals surface area (Å²) in [4.78, 5) is 16.2. The van der Waals surface area contributed by atoms with Gasteiger partial charge in [0.05, 0.1) is 10.9 Å². The van der Waals surface area contributed by atoms with Crippen LogP contribution >= 0.6 is 0 Å². The molecule has 0 saturated carbocycles. The summed E-state index contributed by atoms with van der Waals surface area (Å²) >= 11 is 0. The highest BCUT2D eigenvalue weighted by Crippen LogP contribution is 2.33. The van der Waals surface area contributed by atoms with Gasteiger partial charge in [-0.15, -0.1) is 0 Å². The van der Waals surface area contributed by atoms with Crippen LogP contribution in [0.25, 0.3) is 22.6 Å². The standard InChI is InChI=1S/C21H16F6N6/c1-2-9-33-10-7-13-17(30-16-11-12(6-8-28-16)20(22,23)24)31-18(32-19(13)33)14-4-3-5-15(29-14)21(25,26)27/h3-8,10-11H,2,9H2,1H3,(H,28,30,31,32). The molecule has 12 heteroatoms. The van der Waals surface area contributed by atoms with Gasteiger partial charge in [0, 0.05) is 18.9 Å². The summed E-state index contributed by atoms with van der Waals surface area (Å²) in [6.07, 6.45) is -5.76. The number of fused-ring (bicyclic) bond motifs is 1. The Labute approximate surface area is 183 Å². The van der Waals surface area contributed by atoms with Gasteiger partial charge < -0.3 is 9.88 Å². The molecule has 33 heavy (non-hydrogen) atoms. The lowest BCUT2D eigenvalue weighted by atomic mass is 10.2. The molecule has 4 aromatic rings. The van der Waals surface area contributed by atoms with Crippen LogP contribution < -0.4 is 5.32 Å². The van der Waals surface area contributed by atoms with Gasteiger partial charge in [0.15, 0.2) is 5.82 Å². The van der Waals surface area contributed by atoms with Crippen LogP contribution in [0.15, 0.2) is 48.8 Å². The summed E-state index contributed by atoms with van der Waals surface area (Å²) in [5.41, 5.74) is -1.75. The van der Waals surface area contributed by atoms with Gasteiger partial charge in [0.1, 0.15) is 28.7 Å². The number of anilines is 2. The van der Waals surface area contributed by atoms with Crippen LogP contribution in [0.3, 0.4) is 0 Å². The maximum absolute atomic E-state index is 13.1. The quantitative estimate of drug-likeness (QED) is 0.361. The highest BCUT2D eigenvalue weighted by atomic mass is 19.4. The number of hydrogen-bond acceptors (Lipinski definition) is 5. The van der Waals surface area contributed by atoms with E-state index in [-0.39, 0.29) is 23.2 Å². The lowest BCUT2D eigenvalue weighted by Crippen LogP contribution is -2.09. The Balaban J connectivity index is 1.85. The Morgan fingerprint density at radius 1 is 0.939 bits per heavy atom. The fourth-order valence-electron chi connectivity index (χ4n) is 3.21. The summed E-state index contributed by atoms with van der Waals surface area (Å²) in [5, 5.41) is 3.22. The van der Waals surface area contributed by atoms with Crippen molar-refractivity contribution in [1.29, 1.82) is 0 Å². The van der Waals surface area contributed by atoms with Crippen molar-refractivity contribution in [2.75, 3.05) is 5.32 Å². The Kier molecular flexibility index (Phi) is 5.68. The number of rotatable bonds is 5. The Morgan fingerprint density at radius 3 is 2.42 bits per heavy atom. The van der Waals surface area contributed by atoms with Crippen LogP contribution in [0.2, 0.25) is 0 Å². The Morgan fingerprint density at radius 2 is 1.73 bits per heavy atom. The lowest BCUT2D eigenvalue weighted by Gasteiger charge is -2.12. The molecule has 0 saturated heterocycles. The number of aromatic nitrogens is 5. The number of hydrogen-bond donors (Lipinski definition) is 1. The van der Waals surface area contributed by atoms with Gasteiger partial charge >= 0.3 is 12.4 Å². The van der Waals surface area contributed by atoms with Gasteiger partial charge in [-0.3, -0.25) is 0 Å². The third kappa shape index (κ3) is 4.73. The molecule has 0 amide bonds. The number of pyridine rings is 2. The van der Waals surface area contributed by atoms with Gasteiger partial charge in [-0.05, 0) is 36.8 Å². The van der Waals surface area contributed by atoms with Crippen molar-refractivity contribution in [2.24, 2.45) is 0 Å². The highest BCUT2D eigenvalue weighted by molar-refractivity contribution is 5.90. The van der Waals surface area contributed by atoms with Crippen LogP contribution in [0.4, 0.5) is 38.0 Å². The Bertz CT molecular complexity index is 1290. The van der Waals surface area contributed by atoms with E-state index in [0.29, 0.717) is 17.6 Å².